The third-order valence-corrected chi connectivity index (χ3v) is 4.15. The maximum atomic E-state index is 12.5. The Morgan fingerprint density at radius 2 is 2.04 bits per heavy atom. The molecule has 24 heavy (non-hydrogen) atoms. The van der Waals surface area contributed by atoms with Gasteiger partial charge in [-0.1, -0.05) is 0 Å². The molecule has 2 aromatic rings. The van der Waals surface area contributed by atoms with Crippen molar-refractivity contribution in [1.82, 2.24) is 25.1 Å². The summed E-state index contributed by atoms with van der Waals surface area (Å²) in [7, 11) is 1.88. The van der Waals surface area contributed by atoms with E-state index in [2.05, 4.69) is 20.4 Å². The molecule has 2 aromatic heterocycles. The molecule has 1 aliphatic heterocycles. The first-order valence-electron chi connectivity index (χ1n) is 7.98. The molecule has 1 amide bonds. The number of anilines is 1. The third-order valence-electron chi connectivity index (χ3n) is 4.15. The molecule has 0 aliphatic carbocycles. The Kier molecular flexibility index (Phi) is 4.75. The molecule has 1 aliphatic rings. The molecule has 8 nitrogen and oxygen atoms in total. The molecule has 1 N–H and O–H groups in total. The van der Waals surface area contributed by atoms with Crippen LogP contribution in [0.2, 0.25) is 0 Å². The SMILES string of the molecule is Cc1cc(C(=O)NCc2cnn(C)c2C)nc(N2CCOCC2)n1. The van der Waals surface area contributed by atoms with Gasteiger partial charge in [0, 0.05) is 43.6 Å². The van der Waals surface area contributed by atoms with E-state index in [1.807, 2.05) is 25.8 Å². The van der Waals surface area contributed by atoms with E-state index in [0.29, 0.717) is 31.4 Å². The summed E-state index contributed by atoms with van der Waals surface area (Å²) in [5.74, 6) is 0.374. The predicted octanol–water partition coefficient (Wildman–Crippen LogP) is 0.594. The minimum Gasteiger partial charge on any atom is -0.378 e. The maximum Gasteiger partial charge on any atom is 0.270 e. The van der Waals surface area contributed by atoms with Crippen molar-refractivity contribution in [3.63, 3.8) is 0 Å². The van der Waals surface area contributed by atoms with Crippen LogP contribution in [-0.2, 0) is 18.3 Å². The van der Waals surface area contributed by atoms with Crippen molar-refractivity contribution in [2.24, 2.45) is 7.05 Å². The monoisotopic (exact) mass is 330 g/mol. The lowest BCUT2D eigenvalue weighted by atomic mass is 10.2. The molecular weight excluding hydrogens is 308 g/mol. The van der Waals surface area contributed by atoms with Gasteiger partial charge in [0.1, 0.15) is 5.69 Å². The lowest BCUT2D eigenvalue weighted by Crippen LogP contribution is -2.38. The first-order chi connectivity index (χ1) is 11.5. The van der Waals surface area contributed by atoms with Crippen molar-refractivity contribution in [2.75, 3.05) is 31.2 Å². The molecule has 0 aromatic carbocycles. The summed E-state index contributed by atoms with van der Waals surface area (Å²) in [4.78, 5) is 23.4. The molecule has 8 heteroatoms. The van der Waals surface area contributed by atoms with Gasteiger partial charge >= 0.3 is 0 Å². The van der Waals surface area contributed by atoms with Crippen LogP contribution < -0.4 is 10.2 Å². The maximum absolute atomic E-state index is 12.5. The Morgan fingerprint density at radius 1 is 1.29 bits per heavy atom. The highest BCUT2D eigenvalue weighted by Gasteiger charge is 2.17. The highest BCUT2D eigenvalue weighted by Crippen LogP contribution is 2.12. The van der Waals surface area contributed by atoms with Crippen molar-refractivity contribution in [3.8, 4) is 0 Å². The zero-order valence-electron chi connectivity index (χ0n) is 14.2. The van der Waals surface area contributed by atoms with Crippen molar-refractivity contribution < 1.29 is 9.53 Å². The fourth-order valence-electron chi connectivity index (χ4n) is 2.56. The molecule has 0 atom stereocenters. The Bertz CT molecular complexity index is 736. The van der Waals surface area contributed by atoms with Gasteiger partial charge in [-0.05, 0) is 19.9 Å². The fourth-order valence-corrected chi connectivity index (χ4v) is 2.56. The van der Waals surface area contributed by atoms with Crippen LogP contribution in [0.3, 0.4) is 0 Å². The van der Waals surface area contributed by atoms with Crippen molar-refractivity contribution >= 4 is 11.9 Å². The molecule has 3 heterocycles. The van der Waals surface area contributed by atoms with Gasteiger partial charge in [0.25, 0.3) is 5.91 Å². The lowest BCUT2D eigenvalue weighted by molar-refractivity contribution is 0.0945. The minimum atomic E-state index is -0.210. The molecule has 0 spiro atoms. The Labute approximate surface area is 140 Å². The van der Waals surface area contributed by atoms with E-state index in [0.717, 1.165) is 30.0 Å². The lowest BCUT2D eigenvalue weighted by Gasteiger charge is -2.27. The van der Waals surface area contributed by atoms with Gasteiger partial charge in [-0.25, -0.2) is 9.97 Å². The highest BCUT2D eigenvalue weighted by atomic mass is 16.5. The molecule has 0 saturated carbocycles. The topological polar surface area (TPSA) is 85.2 Å². The summed E-state index contributed by atoms with van der Waals surface area (Å²) < 4.78 is 7.13. The number of carbonyl (C=O) groups excluding carboxylic acids is 1. The standard InChI is InChI=1S/C16H22N6O2/c1-11-8-14(20-16(19-11)22-4-6-24-7-5-22)15(23)17-9-13-10-18-21(3)12(13)2/h8,10H,4-7,9H2,1-3H3,(H,17,23). The average Bonchev–Trinajstić information content (AvgIpc) is 2.92. The number of aryl methyl sites for hydroxylation is 2. The Balaban J connectivity index is 1.72. The molecule has 3 rings (SSSR count). The molecule has 1 fully saturated rings. The predicted molar refractivity (Wildman–Crippen MR) is 88.9 cm³/mol. The van der Waals surface area contributed by atoms with Gasteiger partial charge in [-0.15, -0.1) is 0 Å². The highest BCUT2D eigenvalue weighted by molar-refractivity contribution is 5.92. The number of rotatable bonds is 4. The molecule has 1 saturated heterocycles. The van der Waals surface area contributed by atoms with E-state index in [1.165, 1.54) is 0 Å². The van der Waals surface area contributed by atoms with E-state index in [1.54, 1.807) is 16.9 Å². The van der Waals surface area contributed by atoms with Crippen LogP contribution in [0.25, 0.3) is 0 Å². The van der Waals surface area contributed by atoms with E-state index in [-0.39, 0.29) is 5.91 Å². The number of aromatic nitrogens is 4. The number of amides is 1. The molecular formula is C16H22N6O2. The molecule has 0 radical (unpaired) electrons. The number of nitrogens with one attached hydrogen (secondary N) is 1. The van der Waals surface area contributed by atoms with Crippen LogP contribution in [0.4, 0.5) is 5.95 Å². The van der Waals surface area contributed by atoms with Crippen LogP contribution in [0.1, 0.15) is 27.4 Å². The molecule has 0 unspecified atom stereocenters. The smallest absolute Gasteiger partial charge is 0.270 e. The van der Waals surface area contributed by atoms with E-state index < -0.39 is 0 Å². The summed E-state index contributed by atoms with van der Waals surface area (Å²) in [6, 6.07) is 1.70. The quantitative estimate of drug-likeness (QED) is 0.883. The third kappa shape index (κ3) is 3.53. The Morgan fingerprint density at radius 3 is 2.71 bits per heavy atom. The first-order valence-corrected chi connectivity index (χ1v) is 7.98. The molecule has 128 valence electrons. The second kappa shape index (κ2) is 6.96. The largest absolute Gasteiger partial charge is 0.378 e. The van der Waals surface area contributed by atoms with Crippen LogP contribution in [-0.4, -0.2) is 52.0 Å². The normalized spacial score (nSPS) is 14.7. The van der Waals surface area contributed by atoms with Crippen LogP contribution in [0, 0.1) is 13.8 Å². The number of ether oxygens (including phenoxy) is 1. The number of morpholine rings is 1. The van der Waals surface area contributed by atoms with Gasteiger partial charge < -0.3 is 15.0 Å². The Hall–Kier alpha value is -2.48. The molecule has 0 bridgehead atoms. The number of carbonyl (C=O) groups is 1. The van der Waals surface area contributed by atoms with Crippen molar-refractivity contribution in [2.45, 2.75) is 20.4 Å². The summed E-state index contributed by atoms with van der Waals surface area (Å²) in [5.41, 5.74) is 3.17. The van der Waals surface area contributed by atoms with Crippen molar-refractivity contribution in [1.29, 1.82) is 0 Å². The van der Waals surface area contributed by atoms with Gasteiger partial charge in [-0.2, -0.15) is 5.10 Å². The number of hydrogen-bond donors (Lipinski definition) is 1. The van der Waals surface area contributed by atoms with Gasteiger partial charge in [0.2, 0.25) is 5.95 Å². The summed E-state index contributed by atoms with van der Waals surface area (Å²) >= 11 is 0. The van der Waals surface area contributed by atoms with E-state index >= 15 is 0 Å². The minimum absolute atomic E-state index is 0.210. The van der Waals surface area contributed by atoms with Crippen molar-refractivity contribution in [3.05, 3.63) is 34.9 Å². The van der Waals surface area contributed by atoms with Gasteiger partial charge in [0.05, 0.1) is 19.4 Å². The van der Waals surface area contributed by atoms with Crippen LogP contribution >= 0.6 is 0 Å². The zero-order valence-corrected chi connectivity index (χ0v) is 14.2. The van der Waals surface area contributed by atoms with Crippen LogP contribution in [0.15, 0.2) is 12.3 Å². The summed E-state index contributed by atoms with van der Waals surface area (Å²) in [5, 5.41) is 7.08. The van der Waals surface area contributed by atoms with E-state index in [9.17, 15) is 4.79 Å². The number of nitrogens with zero attached hydrogens (tertiary/aromatic N) is 5. The first kappa shape index (κ1) is 16.4. The average molecular weight is 330 g/mol. The zero-order chi connectivity index (χ0) is 17.1. The van der Waals surface area contributed by atoms with E-state index in [4.69, 9.17) is 4.74 Å². The fraction of sp³-hybridized carbons (Fsp3) is 0.500. The summed E-state index contributed by atoms with van der Waals surface area (Å²) in [6.45, 7) is 7.04. The second-order valence-corrected chi connectivity index (χ2v) is 5.86. The van der Waals surface area contributed by atoms with Crippen LogP contribution in [0.5, 0.6) is 0 Å². The number of hydrogen-bond acceptors (Lipinski definition) is 6. The summed E-state index contributed by atoms with van der Waals surface area (Å²) in [6.07, 6.45) is 1.76. The van der Waals surface area contributed by atoms with Gasteiger partial charge in [-0.3, -0.25) is 9.48 Å². The second-order valence-electron chi connectivity index (χ2n) is 5.86. The van der Waals surface area contributed by atoms with Gasteiger partial charge in [0.15, 0.2) is 0 Å².